The van der Waals surface area contributed by atoms with E-state index in [0.29, 0.717) is 18.4 Å². The van der Waals surface area contributed by atoms with Crippen molar-refractivity contribution in [1.82, 2.24) is 0 Å². The molecule has 0 fully saturated rings. The van der Waals surface area contributed by atoms with E-state index in [1.165, 1.54) is 0 Å². The number of hydrogen-bond donors (Lipinski definition) is 0. The molecule has 1 aliphatic rings. The molecule has 0 bridgehead atoms. The Kier molecular flexibility index (Phi) is 6.23. The topological polar surface area (TPSA) is 40.6 Å². The zero-order valence-corrected chi connectivity index (χ0v) is 19.2. The Balaban J connectivity index is 1.78. The average molecular weight is 477 g/mol. The SMILES string of the molecule is CCC(=O)N(c1ccccc1)[C@@H]1C[C@H](C)N(C(=O)c2ccc(Br)cc2)c2ccccc21. The van der Waals surface area contributed by atoms with E-state index in [1.54, 1.807) is 0 Å². The highest BCUT2D eigenvalue weighted by atomic mass is 79.9. The van der Waals surface area contributed by atoms with Crippen molar-refractivity contribution in [2.45, 2.75) is 38.8 Å². The van der Waals surface area contributed by atoms with E-state index in [0.717, 1.165) is 21.4 Å². The fraction of sp³-hybridized carbons (Fsp3) is 0.231. The highest BCUT2D eigenvalue weighted by Crippen LogP contribution is 2.42. The van der Waals surface area contributed by atoms with E-state index in [4.69, 9.17) is 0 Å². The van der Waals surface area contributed by atoms with Crippen LogP contribution in [0, 0.1) is 0 Å². The van der Waals surface area contributed by atoms with E-state index >= 15 is 0 Å². The second-order valence-electron chi connectivity index (χ2n) is 7.79. The highest BCUT2D eigenvalue weighted by Gasteiger charge is 2.38. The van der Waals surface area contributed by atoms with Crippen molar-refractivity contribution in [2.75, 3.05) is 9.80 Å². The molecular weight excluding hydrogens is 452 g/mol. The number of anilines is 2. The maximum atomic E-state index is 13.5. The van der Waals surface area contributed by atoms with Crippen LogP contribution in [0.1, 0.15) is 48.7 Å². The average Bonchev–Trinajstić information content (AvgIpc) is 2.80. The number of halogens is 1. The van der Waals surface area contributed by atoms with Gasteiger partial charge in [-0.15, -0.1) is 0 Å². The Hall–Kier alpha value is -2.92. The molecule has 1 aliphatic heterocycles. The first-order chi connectivity index (χ1) is 15.0. The van der Waals surface area contributed by atoms with Crippen LogP contribution in [-0.4, -0.2) is 17.9 Å². The minimum absolute atomic E-state index is 0.0287. The number of para-hydroxylation sites is 2. The molecule has 1 heterocycles. The van der Waals surface area contributed by atoms with Gasteiger partial charge in [-0.25, -0.2) is 0 Å². The van der Waals surface area contributed by atoms with Crippen LogP contribution >= 0.6 is 15.9 Å². The second kappa shape index (κ2) is 9.06. The Morgan fingerprint density at radius 2 is 1.61 bits per heavy atom. The van der Waals surface area contributed by atoms with Crippen LogP contribution in [-0.2, 0) is 4.79 Å². The van der Waals surface area contributed by atoms with Crippen LogP contribution in [0.25, 0.3) is 0 Å². The Labute approximate surface area is 191 Å². The molecule has 2 atom stereocenters. The molecule has 0 aromatic heterocycles. The summed E-state index contributed by atoms with van der Waals surface area (Å²) in [5.74, 6) is 0.0462. The maximum Gasteiger partial charge on any atom is 0.258 e. The first kappa shape index (κ1) is 21.3. The number of carbonyl (C=O) groups is 2. The number of carbonyl (C=O) groups excluding carboxylic acids is 2. The van der Waals surface area contributed by atoms with Gasteiger partial charge >= 0.3 is 0 Å². The van der Waals surface area contributed by atoms with Gasteiger partial charge in [0.25, 0.3) is 5.91 Å². The molecule has 2 amide bonds. The van der Waals surface area contributed by atoms with Gasteiger partial charge in [0.2, 0.25) is 5.91 Å². The third-order valence-electron chi connectivity index (χ3n) is 5.79. The third-order valence-corrected chi connectivity index (χ3v) is 6.32. The van der Waals surface area contributed by atoms with Gasteiger partial charge in [0, 0.05) is 33.9 Å². The summed E-state index contributed by atoms with van der Waals surface area (Å²) in [7, 11) is 0. The molecule has 5 heteroatoms. The molecule has 4 nitrogen and oxygen atoms in total. The van der Waals surface area contributed by atoms with Gasteiger partial charge in [0.05, 0.1) is 6.04 Å². The quantitative estimate of drug-likeness (QED) is 0.438. The largest absolute Gasteiger partial charge is 0.305 e. The zero-order valence-electron chi connectivity index (χ0n) is 17.7. The smallest absolute Gasteiger partial charge is 0.258 e. The van der Waals surface area contributed by atoms with Crippen LogP contribution in [0.5, 0.6) is 0 Å². The van der Waals surface area contributed by atoms with E-state index in [-0.39, 0.29) is 23.9 Å². The van der Waals surface area contributed by atoms with E-state index < -0.39 is 0 Å². The summed E-state index contributed by atoms with van der Waals surface area (Å²) < 4.78 is 0.938. The highest BCUT2D eigenvalue weighted by molar-refractivity contribution is 9.10. The molecule has 3 aromatic carbocycles. The van der Waals surface area contributed by atoms with Gasteiger partial charge in [-0.1, -0.05) is 59.3 Å². The summed E-state index contributed by atoms with van der Waals surface area (Å²) in [6.07, 6.45) is 1.09. The lowest BCUT2D eigenvalue weighted by Crippen LogP contribution is -2.47. The minimum Gasteiger partial charge on any atom is -0.305 e. The summed E-state index contributed by atoms with van der Waals surface area (Å²) in [6, 6.07) is 25.0. The van der Waals surface area contributed by atoms with Crippen molar-refractivity contribution in [3.8, 4) is 0 Å². The summed E-state index contributed by atoms with van der Waals surface area (Å²) in [4.78, 5) is 30.3. The number of amides is 2. The lowest BCUT2D eigenvalue weighted by atomic mass is 9.89. The number of hydrogen-bond acceptors (Lipinski definition) is 2. The zero-order chi connectivity index (χ0) is 22.0. The Morgan fingerprint density at radius 3 is 2.29 bits per heavy atom. The predicted octanol–water partition coefficient (Wildman–Crippen LogP) is 6.37. The van der Waals surface area contributed by atoms with Crippen molar-refractivity contribution >= 4 is 39.1 Å². The maximum absolute atomic E-state index is 13.5. The monoisotopic (exact) mass is 476 g/mol. The molecule has 158 valence electrons. The molecule has 0 radical (unpaired) electrons. The fourth-order valence-corrected chi connectivity index (χ4v) is 4.59. The van der Waals surface area contributed by atoms with Gasteiger partial charge in [-0.2, -0.15) is 0 Å². The summed E-state index contributed by atoms with van der Waals surface area (Å²) >= 11 is 3.43. The molecular formula is C26H25BrN2O2. The van der Waals surface area contributed by atoms with Crippen LogP contribution in [0.4, 0.5) is 11.4 Å². The third kappa shape index (κ3) is 4.15. The number of fused-ring (bicyclic) bond motifs is 1. The summed E-state index contributed by atoms with van der Waals surface area (Å²) in [5, 5.41) is 0. The molecule has 3 aromatic rings. The molecule has 4 rings (SSSR count). The van der Waals surface area contributed by atoms with Crippen LogP contribution < -0.4 is 9.80 Å². The van der Waals surface area contributed by atoms with Gasteiger partial charge in [-0.05, 0) is 61.4 Å². The summed E-state index contributed by atoms with van der Waals surface area (Å²) in [5.41, 5.74) is 3.39. The van der Waals surface area contributed by atoms with Gasteiger partial charge < -0.3 is 9.80 Å². The number of nitrogens with zero attached hydrogens (tertiary/aromatic N) is 2. The fourth-order valence-electron chi connectivity index (χ4n) is 4.32. The normalized spacial score (nSPS) is 17.7. The predicted molar refractivity (Wildman–Crippen MR) is 128 cm³/mol. The lowest BCUT2D eigenvalue weighted by Gasteiger charge is -2.43. The Bertz CT molecular complexity index is 1080. The molecule has 0 N–H and O–H groups in total. The van der Waals surface area contributed by atoms with Gasteiger partial charge in [0.1, 0.15) is 0 Å². The first-order valence-corrected chi connectivity index (χ1v) is 11.4. The van der Waals surface area contributed by atoms with Crippen LogP contribution in [0.15, 0.2) is 83.3 Å². The van der Waals surface area contributed by atoms with Crippen LogP contribution in [0.2, 0.25) is 0 Å². The van der Waals surface area contributed by atoms with Gasteiger partial charge in [-0.3, -0.25) is 9.59 Å². The second-order valence-corrected chi connectivity index (χ2v) is 8.71. The van der Waals surface area contributed by atoms with Crippen molar-refractivity contribution < 1.29 is 9.59 Å². The lowest BCUT2D eigenvalue weighted by molar-refractivity contribution is -0.118. The van der Waals surface area contributed by atoms with Crippen molar-refractivity contribution in [1.29, 1.82) is 0 Å². The van der Waals surface area contributed by atoms with Crippen molar-refractivity contribution in [3.05, 3.63) is 94.5 Å². The molecule has 0 saturated carbocycles. The minimum atomic E-state index is -0.130. The van der Waals surface area contributed by atoms with E-state index in [1.807, 2.05) is 95.6 Å². The van der Waals surface area contributed by atoms with E-state index in [9.17, 15) is 9.59 Å². The standard InChI is InChI=1S/C26H25BrN2O2/c1-3-25(30)29(21-9-5-4-6-10-21)24-17-18(2)28(23-12-8-7-11-22(23)24)26(31)19-13-15-20(27)16-14-19/h4-16,18,24H,3,17H2,1-2H3/t18-,24+/m0/s1. The molecule has 0 unspecified atom stereocenters. The Morgan fingerprint density at radius 1 is 0.968 bits per heavy atom. The van der Waals surface area contributed by atoms with Crippen molar-refractivity contribution in [3.63, 3.8) is 0 Å². The molecule has 31 heavy (non-hydrogen) atoms. The summed E-state index contributed by atoms with van der Waals surface area (Å²) in [6.45, 7) is 3.94. The first-order valence-electron chi connectivity index (χ1n) is 10.6. The van der Waals surface area contributed by atoms with Crippen molar-refractivity contribution in [2.24, 2.45) is 0 Å². The van der Waals surface area contributed by atoms with Gasteiger partial charge in [0.15, 0.2) is 0 Å². The number of benzene rings is 3. The molecule has 0 saturated heterocycles. The molecule has 0 spiro atoms. The molecule has 0 aliphatic carbocycles. The van der Waals surface area contributed by atoms with Crippen LogP contribution in [0.3, 0.4) is 0 Å². The number of rotatable bonds is 4. The van der Waals surface area contributed by atoms with E-state index in [2.05, 4.69) is 22.9 Å².